The highest BCUT2D eigenvalue weighted by Gasteiger charge is 2.22. The molecular weight excluding hydrogens is 210 g/mol. The van der Waals surface area contributed by atoms with Crippen LogP contribution in [0.4, 0.5) is 5.82 Å². The molecule has 2 rings (SSSR count). The van der Waals surface area contributed by atoms with Crippen LogP contribution in [0, 0.1) is 5.92 Å². The molecule has 1 aromatic rings. The molecule has 82 valence electrons. The molecule has 1 N–H and O–H groups in total. The Morgan fingerprint density at radius 3 is 3.13 bits per heavy atom. The fourth-order valence-electron chi connectivity index (χ4n) is 2.05. The van der Waals surface area contributed by atoms with E-state index in [0.29, 0.717) is 5.02 Å². The molecule has 1 aliphatic rings. The van der Waals surface area contributed by atoms with Crippen molar-refractivity contribution in [3.05, 3.63) is 23.4 Å². The maximum Gasteiger partial charge on any atom is 0.128 e. The van der Waals surface area contributed by atoms with Crippen molar-refractivity contribution in [1.82, 2.24) is 10.3 Å². The molecule has 1 atom stereocenters. The number of nitrogens with one attached hydrogen (secondary N) is 1. The first-order valence-corrected chi connectivity index (χ1v) is 5.68. The summed E-state index contributed by atoms with van der Waals surface area (Å²) in [6.45, 7) is 3.28. The fourth-order valence-corrected chi connectivity index (χ4v) is 2.16. The lowest BCUT2D eigenvalue weighted by atomic mass is 10.1. The van der Waals surface area contributed by atoms with Crippen molar-refractivity contribution in [2.45, 2.75) is 6.42 Å². The third-order valence-corrected chi connectivity index (χ3v) is 3.04. The summed E-state index contributed by atoms with van der Waals surface area (Å²) in [6, 6.07) is 3.89. The van der Waals surface area contributed by atoms with E-state index in [9.17, 15) is 0 Å². The summed E-state index contributed by atoms with van der Waals surface area (Å²) >= 11 is 5.81. The molecule has 0 saturated carbocycles. The van der Waals surface area contributed by atoms with Crippen molar-refractivity contribution in [3.63, 3.8) is 0 Å². The van der Waals surface area contributed by atoms with Crippen LogP contribution in [0.25, 0.3) is 0 Å². The molecule has 1 saturated heterocycles. The maximum absolute atomic E-state index is 5.81. The van der Waals surface area contributed by atoms with Gasteiger partial charge in [-0.15, -0.1) is 0 Å². The monoisotopic (exact) mass is 225 g/mol. The zero-order chi connectivity index (χ0) is 10.7. The van der Waals surface area contributed by atoms with Crippen LogP contribution in [0.15, 0.2) is 18.3 Å². The summed E-state index contributed by atoms with van der Waals surface area (Å²) in [4.78, 5) is 6.65. The van der Waals surface area contributed by atoms with Gasteiger partial charge >= 0.3 is 0 Å². The minimum Gasteiger partial charge on any atom is -0.356 e. The lowest BCUT2D eigenvalue weighted by Gasteiger charge is -2.17. The van der Waals surface area contributed by atoms with Crippen LogP contribution in [0.5, 0.6) is 0 Å². The number of aromatic nitrogens is 1. The van der Waals surface area contributed by atoms with E-state index in [1.807, 2.05) is 19.2 Å². The Bertz CT molecular complexity index is 312. The van der Waals surface area contributed by atoms with Gasteiger partial charge in [-0.25, -0.2) is 4.98 Å². The second-order valence-corrected chi connectivity index (χ2v) is 4.43. The second-order valence-electron chi connectivity index (χ2n) is 3.99. The van der Waals surface area contributed by atoms with E-state index in [1.54, 1.807) is 6.20 Å². The summed E-state index contributed by atoms with van der Waals surface area (Å²) in [5.41, 5.74) is 0. The zero-order valence-corrected chi connectivity index (χ0v) is 9.67. The second kappa shape index (κ2) is 4.81. The first-order valence-electron chi connectivity index (χ1n) is 5.30. The van der Waals surface area contributed by atoms with Crippen LogP contribution in [-0.4, -0.2) is 31.7 Å². The normalized spacial score (nSPS) is 20.9. The van der Waals surface area contributed by atoms with Crippen LogP contribution in [-0.2, 0) is 0 Å². The van der Waals surface area contributed by atoms with Gasteiger partial charge in [-0.1, -0.05) is 11.6 Å². The molecule has 1 aromatic heterocycles. The smallest absolute Gasteiger partial charge is 0.128 e. The van der Waals surface area contributed by atoms with Crippen molar-refractivity contribution in [3.8, 4) is 0 Å². The van der Waals surface area contributed by atoms with Crippen LogP contribution >= 0.6 is 11.6 Å². The van der Waals surface area contributed by atoms with Crippen molar-refractivity contribution < 1.29 is 0 Å². The van der Waals surface area contributed by atoms with Gasteiger partial charge in [-0.3, -0.25) is 0 Å². The number of pyridine rings is 1. The van der Waals surface area contributed by atoms with Crippen LogP contribution in [0.2, 0.25) is 5.02 Å². The van der Waals surface area contributed by atoms with Gasteiger partial charge in [0.15, 0.2) is 0 Å². The highest BCUT2D eigenvalue weighted by atomic mass is 35.5. The molecule has 0 amide bonds. The molecule has 1 fully saturated rings. The van der Waals surface area contributed by atoms with Crippen molar-refractivity contribution in [2.24, 2.45) is 5.92 Å². The Kier molecular flexibility index (Phi) is 3.44. The molecule has 0 aliphatic carbocycles. The number of hydrogen-bond donors (Lipinski definition) is 1. The van der Waals surface area contributed by atoms with Crippen LogP contribution < -0.4 is 10.2 Å². The Morgan fingerprint density at radius 1 is 1.60 bits per heavy atom. The average Bonchev–Trinajstić information content (AvgIpc) is 2.68. The molecule has 0 bridgehead atoms. The number of nitrogens with zero attached hydrogens (tertiary/aromatic N) is 2. The number of anilines is 1. The van der Waals surface area contributed by atoms with Gasteiger partial charge in [0, 0.05) is 19.3 Å². The van der Waals surface area contributed by atoms with E-state index >= 15 is 0 Å². The van der Waals surface area contributed by atoms with Gasteiger partial charge in [0.05, 0.1) is 5.02 Å². The summed E-state index contributed by atoms with van der Waals surface area (Å²) in [6.07, 6.45) is 2.95. The Hall–Kier alpha value is -0.800. The molecule has 0 radical (unpaired) electrons. The van der Waals surface area contributed by atoms with Gasteiger partial charge in [0.2, 0.25) is 0 Å². The van der Waals surface area contributed by atoms with Crippen LogP contribution in [0.1, 0.15) is 6.42 Å². The van der Waals surface area contributed by atoms with Crippen molar-refractivity contribution in [2.75, 3.05) is 31.6 Å². The molecule has 2 heterocycles. The maximum atomic E-state index is 5.81. The summed E-state index contributed by atoms with van der Waals surface area (Å²) in [5.74, 6) is 1.78. The topological polar surface area (TPSA) is 28.2 Å². The standard InChI is InChI=1S/C11H16ClN3/c1-13-6-9-4-5-15(8-9)11-3-2-10(12)7-14-11/h2-3,7,9,13H,4-6,8H2,1H3. The van der Waals surface area contributed by atoms with Crippen molar-refractivity contribution in [1.29, 1.82) is 0 Å². The molecule has 1 unspecified atom stereocenters. The SMILES string of the molecule is CNCC1CCN(c2ccc(Cl)cn2)C1. The lowest BCUT2D eigenvalue weighted by molar-refractivity contribution is 0.549. The molecule has 0 spiro atoms. The zero-order valence-electron chi connectivity index (χ0n) is 8.91. The predicted molar refractivity (Wildman–Crippen MR) is 63.5 cm³/mol. The quantitative estimate of drug-likeness (QED) is 0.850. The number of rotatable bonds is 3. The molecule has 0 aromatic carbocycles. The largest absolute Gasteiger partial charge is 0.356 e. The highest BCUT2D eigenvalue weighted by Crippen LogP contribution is 2.22. The average molecular weight is 226 g/mol. The first-order chi connectivity index (χ1) is 7.29. The van der Waals surface area contributed by atoms with E-state index in [1.165, 1.54) is 6.42 Å². The van der Waals surface area contributed by atoms with E-state index in [2.05, 4.69) is 15.2 Å². The molecule has 1 aliphatic heterocycles. The van der Waals surface area contributed by atoms with Gasteiger partial charge in [0.1, 0.15) is 5.82 Å². The third kappa shape index (κ3) is 2.61. The Labute approximate surface area is 95.4 Å². The van der Waals surface area contributed by atoms with Gasteiger partial charge < -0.3 is 10.2 Å². The third-order valence-electron chi connectivity index (χ3n) is 2.81. The Morgan fingerprint density at radius 2 is 2.47 bits per heavy atom. The highest BCUT2D eigenvalue weighted by molar-refractivity contribution is 6.30. The van der Waals surface area contributed by atoms with Gasteiger partial charge in [0.25, 0.3) is 0 Å². The van der Waals surface area contributed by atoms with E-state index < -0.39 is 0 Å². The fraction of sp³-hybridized carbons (Fsp3) is 0.545. The summed E-state index contributed by atoms with van der Waals surface area (Å²) in [5, 5.41) is 3.92. The molecule has 3 nitrogen and oxygen atoms in total. The number of hydrogen-bond acceptors (Lipinski definition) is 3. The van der Waals surface area contributed by atoms with E-state index in [0.717, 1.165) is 31.4 Å². The molecule has 4 heteroatoms. The predicted octanol–water partition coefficient (Wildman–Crippen LogP) is 1.78. The summed E-state index contributed by atoms with van der Waals surface area (Å²) < 4.78 is 0. The van der Waals surface area contributed by atoms with Crippen molar-refractivity contribution >= 4 is 17.4 Å². The Balaban J connectivity index is 1.98. The lowest BCUT2D eigenvalue weighted by Crippen LogP contribution is -2.24. The molecular formula is C11H16ClN3. The summed E-state index contributed by atoms with van der Waals surface area (Å²) in [7, 11) is 2.00. The van der Waals surface area contributed by atoms with Gasteiger partial charge in [-0.05, 0) is 38.1 Å². The van der Waals surface area contributed by atoms with Crippen LogP contribution in [0.3, 0.4) is 0 Å². The molecule has 15 heavy (non-hydrogen) atoms. The minimum atomic E-state index is 0.699. The minimum absolute atomic E-state index is 0.699. The van der Waals surface area contributed by atoms with E-state index in [-0.39, 0.29) is 0 Å². The number of halogens is 1. The first kappa shape index (κ1) is 10.7. The van der Waals surface area contributed by atoms with E-state index in [4.69, 9.17) is 11.6 Å². The van der Waals surface area contributed by atoms with Gasteiger partial charge in [-0.2, -0.15) is 0 Å².